The lowest BCUT2D eigenvalue weighted by atomic mass is 9.89. The summed E-state index contributed by atoms with van der Waals surface area (Å²) in [6.45, 7) is 11.6. The molecule has 3 aliphatic rings. The highest BCUT2D eigenvalue weighted by molar-refractivity contribution is 7.09. The number of nitrogens with one attached hydrogen (secondary N) is 3. The molecule has 3 heterocycles. The largest absolute Gasteiger partial charge is 0.379 e. The van der Waals surface area contributed by atoms with Crippen LogP contribution in [0.4, 0.5) is 0 Å². The number of benzene rings is 1. The van der Waals surface area contributed by atoms with E-state index in [2.05, 4.69) is 20.9 Å². The molecule has 5 rings (SSSR count). The highest BCUT2D eigenvalue weighted by atomic mass is 32.1. The summed E-state index contributed by atoms with van der Waals surface area (Å²) in [7, 11) is 4.82. The minimum Gasteiger partial charge on any atom is -0.379 e. The summed E-state index contributed by atoms with van der Waals surface area (Å²) in [6, 6.07) is 7.76. The predicted molar refractivity (Wildman–Crippen MR) is 278 cm³/mol. The third-order valence-corrected chi connectivity index (χ3v) is 15.6. The standard InChI is InChI=1S/C54H81N7O12S/c1-9-37(4)48(42(69-7)35-46(65)60-25-15-18-41(60)49(70-8)38(5)50(66)56-40(51-55-24-33-74-51)34-39-16-11-10-12-17-39)59(6)52(67)47(36(2)3)57-53(68)54(22-13-14-23-54)58-43(62)21-27-71-29-31-73-32-30-72-28-26-61-44(63)19-20-45(61)64/h10-12,16-17,19-20,24,33,36-38,40-42,47-49H,9,13-15,18,21-23,25-32,34-35H2,1-8H3,(H,56,66)(H,57,68)(H,58,62). The first-order valence-corrected chi connectivity index (χ1v) is 27.2. The van der Waals surface area contributed by atoms with E-state index in [1.54, 1.807) is 32.4 Å². The minimum absolute atomic E-state index is 0.0199. The van der Waals surface area contributed by atoms with E-state index in [9.17, 15) is 33.6 Å². The second-order valence-corrected chi connectivity index (χ2v) is 20.9. The van der Waals surface area contributed by atoms with Crippen molar-refractivity contribution in [2.75, 3.05) is 74.0 Å². The average molecular weight is 1050 g/mol. The van der Waals surface area contributed by atoms with Gasteiger partial charge in [-0.05, 0) is 49.5 Å². The molecular weight excluding hydrogens is 971 g/mol. The topological polar surface area (TPSA) is 224 Å². The molecule has 0 radical (unpaired) electrons. The second kappa shape index (κ2) is 29.8. The van der Waals surface area contributed by atoms with Crippen LogP contribution < -0.4 is 16.0 Å². The summed E-state index contributed by atoms with van der Waals surface area (Å²) in [5, 5.41) is 12.0. The lowest BCUT2D eigenvalue weighted by Gasteiger charge is -2.41. The Bertz CT molecular complexity index is 2140. The number of methoxy groups -OCH3 is 2. The molecule has 0 spiro atoms. The number of aromatic nitrogens is 1. The number of thiazole rings is 1. The Morgan fingerprint density at radius 1 is 0.865 bits per heavy atom. The first kappa shape index (κ1) is 59.8. The van der Waals surface area contributed by atoms with Gasteiger partial charge in [-0.1, -0.05) is 84.2 Å². The van der Waals surface area contributed by atoms with Crippen LogP contribution in [0, 0.1) is 17.8 Å². The molecule has 1 aromatic carbocycles. The predicted octanol–water partition coefficient (Wildman–Crippen LogP) is 4.40. The highest BCUT2D eigenvalue weighted by Gasteiger charge is 2.46. The maximum atomic E-state index is 14.7. The van der Waals surface area contributed by atoms with E-state index in [-0.39, 0.29) is 118 Å². The number of hydrogen-bond acceptors (Lipinski definition) is 14. The molecule has 2 aromatic rings. The summed E-state index contributed by atoms with van der Waals surface area (Å²) in [4.78, 5) is 103. The SMILES string of the molecule is CCC(C)C(C(CC(=O)N1CCCC1C(OC)C(C)C(=O)NC(Cc1ccccc1)c1nccs1)OC)N(C)C(=O)C(NC(=O)C1(NC(=O)CCOCCOCCOCCN2C(=O)C=CC2=O)CCCC1)C(C)C. The molecule has 3 N–H and O–H groups in total. The van der Waals surface area contributed by atoms with Gasteiger partial charge in [-0.25, -0.2) is 4.98 Å². The zero-order valence-corrected chi connectivity index (χ0v) is 45.5. The molecule has 410 valence electrons. The number of ether oxygens (including phenoxy) is 5. The van der Waals surface area contributed by atoms with Gasteiger partial charge in [0.25, 0.3) is 11.8 Å². The number of carbonyl (C=O) groups is 7. The first-order valence-electron chi connectivity index (χ1n) is 26.3. The van der Waals surface area contributed by atoms with E-state index in [1.165, 1.54) is 23.5 Å². The van der Waals surface area contributed by atoms with Gasteiger partial charge in [0.15, 0.2) is 0 Å². The fourth-order valence-corrected chi connectivity index (χ4v) is 11.0. The van der Waals surface area contributed by atoms with E-state index in [4.69, 9.17) is 23.7 Å². The molecule has 1 saturated carbocycles. The molecule has 2 fully saturated rings. The Labute approximate surface area is 441 Å². The summed E-state index contributed by atoms with van der Waals surface area (Å²) in [5.41, 5.74) is -0.119. The van der Waals surface area contributed by atoms with Crippen LogP contribution in [0.2, 0.25) is 0 Å². The quantitative estimate of drug-likeness (QED) is 0.0684. The normalized spacial score (nSPS) is 19.2. The van der Waals surface area contributed by atoms with Crippen molar-refractivity contribution in [3.8, 4) is 0 Å². The molecule has 19 nitrogen and oxygen atoms in total. The van der Waals surface area contributed by atoms with Crippen molar-refractivity contribution >= 4 is 52.7 Å². The molecule has 8 atom stereocenters. The van der Waals surface area contributed by atoms with Crippen molar-refractivity contribution in [3.05, 3.63) is 64.6 Å². The van der Waals surface area contributed by atoms with Gasteiger partial charge >= 0.3 is 0 Å². The van der Waals surface area contributed by atoms with Crippen LogP contribution in [-0.2, 0) is 63.7 Å². The zero-order chi connectivity index (χ0) is 53.8. The minimum atomic E-state index is -1.19. The molecule has 20 heteroatoms. The van der Waals surface area contributed by atoms with Crippen LogP contribution in [0.15, 0.2) is 54.1 Å². The molecule has 1 aromatic heterocycles. The number of nitrogens with zero attached hydrogens (tertiary/aromatic N) is 4. The highest BCUT2D eigenvalue weighted by Crippen LogP contribution is 2.33. The van der Waals surface area contributed by atoms with Crippen molar-refractivity contribution in [2.45, 2.75) is 141 Å². The average Bonchev–Trinajstić information content (AvgIpc) is 4.25. The van der Waals surface area contributed by atoms with Crippen LogP contribution in [-0.4, -0.2) is 171 Å². The van der Waals surface area contributed by atoms with E-state index >= 15 is 0 Å². The Hall–Kier alpha value is -5.12. The van der Waals surface area contributed by atoms with Gasteiger partial charge in [0.1, 0.15) is 16.6 Å². The van der Waals surface area contributed by atoms with Gasteiger partial charge in [0.05, 0.1) is 88.9 Å². The monoisotopic (exact) mass is 1050 g/mol. The van der Waals surface area contributed by atoms with Crippen molar-refractivity contribution in [1.82, 2.24) is 35.6 Å². The number of imide groups is 1. The van der Waals surface area contributed by atoms with Crippen molar-refractivity contribution in [1.29, 1.82) is 0 Å². The maximum Gasteiger partial charge on any atom is 0.253 e. The number of carbonyl (C=O) groups excluding carboxylic acids is 7. The fraction of sp³-hybridized carbons (Fsp3) is 0.667. The van der Waals surface area contributed by atoms with Crippen molar-refractivity contribution in [2.24, 2.45) is 17.8 Å². The lowest BCUT2D eigenvalue weighted by Crippen LogP contribution is -2.63. The van der Waals surface area contributed by atoms with Crippen molar-refractivity contribution in [3.63, 3.8) is 0 Å². The van der Waals surface area contributed by atoms with Crippen LogP contribution >= 0.6 is 11.3 Å². The zero-order valence-electron chi connectivity index (χ0n) is 44.7. The summed E-state index contributed by atoms with van der Waals surface area (Å²) in [5.74, 6) is -3.18. The Kier molecular flexibility index (Phi) is 24.1. The maximum absolute atomic E-state index is 14.7. The second-order valence-electron chi connectivity index (χ2n) is 20.0. The molecule has 74 heavy (non-hydrogen) atoms. The van der Waals surface area contributed by atoms with Gasteiger partial charge in [-0.2, -0.15) is 0 Å². The van der Waals surface area contributed by atoms with Gasteiger partial charge < -0.3 is 49.4 Å². The Balaban J connectivity index is 1.14. The van der Waals surface area contributed by atoms with E-state index in [0.29, 0.717) is 38.6 Å². The van der Waals surface area contributed by atoms with Crippen LogP contribution in [0.25, 0.3) is 0 Å². The molecule has 7 amide bonds. The van der Waals surface area contributed by atoms with Gasteiger partial charge in [-0.3, -0.25) is 38.5 Å². The van der Waals surface area contributed by atoms with E-state index in [1.807, 2.05) is 75.2 Å². The van der Waals surface area contributed by atoms with Crippen LogP contribution in [0.3, 0.4) is 0 Å². The number of likely N-dealkylation sites (N-methyl/N-ethyl adjacent to an activating group) is 1. The third kappa shape index (κ3) is 16.4. The Morgan fingerprint density at radius 2 is 1.51 bits per heavy atom. The van der Waals surface area contributed by atoms with Crippen LogP contribution in [0.5, 0.6) is 0 Å². The first-order chi connectivity index (χ1) is 35.5. The van der Waals surface area contributed by atoms with Gasteiger partial charge in [-0.15, -0.1) is 11.3 Å². The number of rotatable bonds is 32. The smallest absolute Gasteiger partial charge is 0.253 e. The molecule has 0 bridgehead atoms. The van der Waals surface area contributed by atoms with E-state index in [0.717, 1.165) is 34.7 Å². The van der Waals surface area contributed by atoms with Gasteiger partial charge in [0, 0.05) is 58.0 Å². The third-order valence-electron chi connectivity index (χ3n) is 14.7. The van der Waals surface area contributed by atoms with Crippen molar-refractivity contribution < 1.29 is 57.2 Å². The van der Waals surface area contributed by atoms with Crippen LogP contribution in [0.1, 0.15) is 109 Å². The summed E-state index contributed by atoms with van der Waals surface area (Å²) in [6.07, 6.45) is 7.85. The van der Waals surface area contributed by atoms with Gasteiger partial charge in [0.2, 0.25) is 29.5 Å². The van der Waals surface area contributed by atoms with E-state index < -0.39 is 41.7 Å². The molecular formula is C54H81N7O12S. The fourth-order valence-electron chi connectivity index (χ4n) is 10.3. The molecule has 1 aliphatic carbocycles. The number of likely N-dealkylation sites (tertiary alicyclic amines) is 1. The summed E-state index contributed by atoms with van der Waals surface area (Å²) < 4.78 is 28.8. The molecule has 1 saturated heterocycles. The summed E-state index contributed by atoms with van der Waals surface area (Å²) >= 11 is 1.49. The molecule has 2 aliphatic heterocycles. The molecule has 8 unspecified atom stereocenters. The number of amides is 7. The lowest BCUT2D eigenvalue weighted by molar-refractivity contribution is -0.148. The Morgan fingerprint density at radius 3 is 2.11 bits per heavy atom. The number of hydrogen-bond donors (Lipinski definition) is 3.